The molecule has 3 heteroatoms. The molecule has 0 bridgehead atoms. The topological polar surface area (TPSA) is 21.3 Å². The van der Waals surface area contributed by atoms with Gasteiger partial charge in [-0.25, -0.2) is 0 Å². The molecule has 1 fully saturated rings. The molecule has 2 rings (SSSR count). The Bertz CT molecular complexity index is 467. The summed E-state index contributed by atoms with van der Waals surface area (Å²) in [4.78, 5) is 0. The van der Waals surface area contributed by atoms with Gasteiger partial charge in [-0.3, -0.25) is 0 Å². The van der Waals surface area contributed by atoms with E-state index >= 15 is 0 Å². The summed E-state index contributed by atoms with van der Waals surface area (Å²) in [5.41, 5.74) is 1.44. The van der Waals surface area contributed by atoms with Crippen molar-refractivity contribution in [3.05, 3.63) is 23.2 Å². The number of rotatable bonds is 3. The molecule has 0 heterocycles. The predicted octanol–water partition coefficient (Wildman–Crippen LogP) is 5.76. The molecule has 118 valence electrons. The molecule has 0 aliphatic heterocycles. The van der Waals surface area contributed by atoms with Gasteiger partial charge in [-0.05, 0) is 55.2 Å². The molecule has 1 aromatic carbocycles. The van der Waals surface area contributed by atoms with Gasteiger partial charge in [-0.1, -0.05) is 38.8 Å². The van der Waals surface area contributed by atoms with Crippen LogP contribution in [-0.2, 0) is 0 Å². The zero-order chi connectivity index (χ0) is 15.5. The van der Waals surface area contributed by atoms with Gasteiger partial charge in [0.25, 0.3) is 0 Å². The fraction of sp³-hybridized carbons (Fsp3) is 0.667. The van der Waals surface area contributed by atoms with Crippen LogP contribution in [0.2, 0.25) is 5.02 Å². The largest absolute Gasteiger partial charge is 0.495 e. The van der Waals surface area contributed by atoms with Gasteiger partial charge >= 0.3 is 0 Å². The Kier molecular flexibility index (Phi) is 5.43. The second-order valence-corrected chi connectivity index (χ2v) is 7.69. The van der Waals surface area contributed by atoms with E-state index in [-0.39, 0.29) is 0 Å². The third-order valence-electron chi connectivity index (χ3n) is 4.71. The van der Waals surface area contributed by atoms with Gasteiger partial charge in [-0.15, -0.1) is 0 Å². The summed E-state index contributed by atoms with van der Waals surface area (Å²) in [6.07, 6.45) is 6.38. The number of ether oxygens (including phenoxy) is 1. The third kappa shape index (κ3) is 4.54. The number of halogens is 1. The molecule has 1 aliphatic carbocycles. The maximum Gasteiger partial charge on any atom is 0.142 e. The lowest BCUT2D eigenvalue weighted by atomic mass is 9.76. The molecule has 0 spiro atoms. The van der Waals surface area contributed by atoms with E-state index in [0.717, 1.165) is 22.4 Å². The fourth-order valence-corrected chi connectivity index (χ4v) is 3.50. The molecule has 0 saturated heterocycles. The second kappa shape index (κ2) is 6.91. The summed E-state index contributed by atoms with van der Waals surface area (Å²) in [5, 5.41) is 4.39. The van der Waals surface area contributed by atoms with Gasteiger partial charge in [0.1, 0.15) is 5.75 Å². The number of hydrogen-bond donors (Lipinski definition) is 1. The quantitative estimate of drug-likeness (QED) is 0.717. The van der Waals surface area contributed by atoms with Crippen molar-refractivity contribution < 1.29 is 4.74 Å². The van der Waals surface area contributed by atoms with Crippen molar-refractivity contribution in [1.82, 2.24) is 0 Å². The Labute approximate surface area is 134 Å². The van der Waals surface area contributed by atoms with Gasteiger partial charge in [0.05, 0.1) is 12.8 Å². The Balaban J connectivity index is 2.02. The summed E-state index contributed by atoms with van der Waals surface area (Å²) < 4.78 is 5.43. The first-order valence-electron chi connectivity index (χ1n) is 8.00. The number of anilines is 1. The van der Waals surface area contributed by atoms with Crippen molar-refractivity contribution in [3.63, 3.8) is 0 Å². The lowest BCUT2D eigenvalue weighted by Gasteiger charge is -2.29. The van der Waals surface area contributed by atoms with Crippen molar-refractivity contribution in [2.45, 2.75) is 58.9 Å². The maximum atomic E-state index is 6.11. The first kappa shape index (κ1) is 16.5. The summed E-state index contributed by atoms with van der Waals surface area (Å²) in [6.45, 7) is 7.10. The molecule has 0 amide bonds. The van der Waals surface area contributed by atoms with Crippen LogP contribution in [0.4, 0.5) is 5.69 Å². The van der Waals surface area contributed by atoms with Gasteiger partial charge in [0, 0.05) is 11.1 Å². The standard InChI is InChI=1S/C18H28ClNO/c1-18(2,3)13-6-5-7-15(10-8-13)20-16-12-14(19)9-11-17(16)21-4/h9,11-13,15,20H,5-8,10H2,1-4H3. The van der Waals surface area contributed by atoms with E-state index in [1.165, 1.54) is 32.1 Å². The van der Waals surface area contributed by atoms with E-state index in [1.807, 2.05) is 18.2 Å². The first-order valence-corrected chi connectivity index (χ1v) is 8.38. The first-order chi connectivity index (χ1) is 9.90. The summed E-state index contributed by atoms with van der Waals surface area (Å²) in [7, 11) is 1.71. The van der Waals surface area contributed by atoms with Crippen LogP contribution in [0.5, 0.6) is 5.75 Å². The van der Waals surface area contributed by atoms with Crippen LogP contribution < -0.4 is 10.1 Å². The van der Waals surface area contributed by atoms with Crippen molar-refractivity contribution >= 4 is 17.3 Å². The molecular weight excluding hydrogens is 282 g/mol. The average molecular weight is 310 g/mol. The minimum atomic E-state index is 0.419. The van der Waals surface area contributed by atoms with E-state index in [9.17, 15) is 0 Å². The molecule has 21 heavy (non-hydrogen) atoms. The van der Waals surface area contributed by atoms with Crippen LogP contribution in [0.25, 0.3) is 0 Å². The number of nitrogens with one attached hydrogen (secondary N) is 1. The normalized spacial score (nSPS) is 23.5. The van der Waals surface area contributed by atoms with Gasteiger partial charge < -0.3 is 10.1 Å². The zero-order valence-electron chi connectivity index (χ0n) is 13.7. The lowest BCUT2D eigenvalue weighted by Crippen LogP contribution is -2.21. The van der Waals surface area contributed by atoms with E-state index in [0.29, 0.717) is 11.5 Å². The highest BCUT2D eigenvalue weighted by atomic mass is 35.5. The maximum absolute atomic E-state index is 6.11. The molecule has 2 nitrogen and oxygen atoms in total. The molecule has 0 radical (unpaired) electrons. The minimum absolute atomic E-state index is 0.419. The van der Waals surface area contributed by atoms with E-state index in [2.05, 4.69) is 26.1 Å². The Hall–Kier alpha value is -0.890. The molecule has 2 atom stereocenters. The summed E-state index contributed by atoms with van der Waals surface area (Å²) in [6, 6.07) is 6.28. The van der Waals surface area contributed by atoms with Crippen LogP contribution in [-0.4, -0.2) is 13.2 Å². The van der Waals surface area contributed by atoms with Crippen molar-refractivity contribution in [2.75, 3.05) is 12.4 Å². The molecule has 1 saturated carbocycles. The third-order valence-corrected chi connectivity index (χ3v) is 4.95. The van der Waals surface area contributed by atoms with E-state index < -0.39 is 0 Å². The van der Waals surface area contributed by atoms with Crippen LogP contribution >= 0.6 is 11.6 Å². The van der Waals surface area contributed by atoms with Crippen LogP contribution in [0.3, 0.4) is 0 Å². The monoisotopic (exact) mass is 309 g/mol. The molecular formula is C18H28ClNO. The highest BCUT2D eigenvalue weighted by Crippen LogP contribution is 2.38. The van der Waals surface area contributed by atoms with Crippen LogP contribution in [0.1, 0.15) is 52.9 Å². The molecule has 1 aliphatic rings. The van der Waals surface area contributed by atoms with Gasteiger partial charge in [0.2, 0.25) is 0 Å². The molecule has 1 N–H and O–H groups in total. The summed E-state index contributed by atoms with van der Waals surface area (Å²) in [5.74, 6) is 1.70. The van der Waals surface area contributed by atoms with Crippen molar-refractivity contribution in [1.29, 1.82) is 0 Å². The van der Waals surface area contributed by atoms with Gasteiger partial charge in [0.15, 0.2) is 0 Å². The minimum Gasteiger partial charge on any atom is -0.495 e. The van der Waals surface area contributed by atoms with E-state index in [1.54, 1.807) is 7.11 Å². The zero-order valence-corrected chi connectivity index (χ0v) is 14.5. The lowest BCUT2D eigenvalue weighted by molar-refractivity contribution is 0.214. The smallest absolute Gasteiger partial charge is 0.142 e. The Morgan fingerprint density at radius 3 is 2.57 bits per heavy atom. The second-order valence-electron chi connectivity index (χ2n) is 7.26. The highest BCUT2D eigenvalue weighted by molar-refractivity contribution is 6.30. The number of hydrogen-bond acceptors (Lipinski definition) is 2. The predicted molar refractivity (Wildman–Crippen MR) is 91.4 cm³/mol. The van der Waals surface area contributed by atoms with E-state index in [4.69, 9.17) is 16.3 Å². The highest BCUT2D eigenvalue weighted by Gasteiger charge is 2.27. The fourth-order valence-electron chi connectivity index (χ4n) is 3.32. The average Bonchev–Trinajstić information content (AvgIpc) is 2.64. The van der Waals surface area contributed by atoms with Crippen LogP contribution in [0, 0.1) is 11.3 Å². The molecule has 1 aromatic rings. The van der Waals surface area contributed by atoms with Crippen LogP contribution in [0.15, 0.2) is 18.2 Å². The molecule has 0 aromatic heterocycles. The molecule has 2 unspecified atom stereocenters. The Morgan fingerprint density at radius 2 is 1.90 bits per heavy atom. The van der Waals surface area contributed by atoms with Crippen molar-refractivity contribution in [2.24, 2.45) is 11.3 Å². The SMILES string of the molecule is COc1ccc(Cl)cc1NC1CCCC(C(C)(C)C)CC1. The Morgan fingerprint density at radius 1 is 1.14 bits per heavy atom. The van der Waals surface area contributed by atoms with Gasteiger partial charge in [-0.2, -0.15) is 0 Å². The van der Waals surface area contributed by atoms with Crippen molar-refractivity contribution in [3.8, 4) is 5.75 Å². The number of benzene rings is 1. The number of methoxy groups -OCH3 is 1. The summed E-state index contributed by atoms with van der Waals surface area (Å²) >= 11 is 6.11.